The average molecular weight is 384 g/mol. The lowest BCUT2D eigenvalue weighted by atomic mass is 10.1. The molecule has 140 valence electrons. The minimum absolute atomic E-state index is 0.274. The molecule has 4 nitrogen and oxygen atoms in total. The maximum Gasteiger partial charge on any atom is 0.416 e. The molecule has 0 bridgehead atoms. The number of rotatable bonds is 4. The summed E-state index contributed by atoms with van der Waals surface area (Å²) in [5.74, 6) is 0. The van der Waals surface area contributed by atoms with Gasteiger partial charge in [-0.25, -0.2) is 8.42 Å². The van der Waals surface area contributed by atoms with Gasteiger partial charge in [0.05, 0.1) is 10.5 Å². The fraction of sp³-hybridized carbons (Fsp3) is 0.333. The molecule has 2 aromatic rings. The number of benzene rings is 2. The van der Waals surface area contributed by atoms with Crippen molar-refractivity contribution in [2.24, 2.45) is 0 Å². The molecule has 0 saturated carbocycles. The fourth-order valence-electron chi connectivity index (χ4n) is 2.93. The predicted molar refractivity (Wildman–Crippen MR) is 91.9 cm³/mol. The maximum absolute atomic E-state index is 12.6. The molecule has 1 fully saturated rings. The standard InChI is InChI=1S/C18H19F3N2O2S/c19-18(20,21)16-8-6-15(7-9-16)14-22-10-12-23(13-11-22)26(24,25)17-4-2-1-3-5-17/h1-9H,10-14H2. The summed E-state index contributed by atoms with van der Waals surface area (Å²) in [7, 11) is -3.50. The van der Waals surface area contributed by atoms with Crippen LogP contribution in [0, 0.1) is 0 Å². The third-order valence-corrected chi connectivity index (χ3v) is 6.31. The number of sulfonamides is 1. The zero-order valence-electron chi connectivity index (χ0n) is 14.0. The second kappa shape index (κ2) is 7.38. The van der Waals surface area contributed by atoms with Crippen LogP contribution in [0.4, 0.5) is 13.2 Å². The molecule has 1 aliphatic heterocycles. The van der Waals surface area contributed by atoms with E-state index in [9.17, 15) is 21.6 Å². The molecule has 1 heterocycles. The predicted octanol–water partition coefficient (Wildman–Crippen LogP) is 3.21. The molecule has 0 unspecified atom stereocenters. The van der Waals surface area contributed by atoms with E-state index in [1.54, 1.807) is 30.3 Å². The van der Waals surface area contributed by atoms with Crippen LogP contribution in [0.5, 0.6) is 0 Å². The normalized spacial score (nSPS) is 17.3. The van der Waals surface area contributed by atoms with Crippen LogP contribution in [0.25, 0.3) is 0 Å². The third kappa shape index (κ3) is 4.25. The lowest BCUT2D eigenvalue weighted by molar-refractivity contribution is -0.137. The van der Waals surface area contributed by atoms with Crippen molar-refractivity contribution in [3.8, 4) is 0 Å². The minimum atomic E-state index is -4.34. The highest BCUT2D eigenvalue weighted by Gasteiger charge is 2.30. The van der Waals surface area contributed by atoms with Crippen molar-refractivity contribution in [2.75, 3.05) is 26.2 Å². The summed E-state index contributed by atoms with van der Waals surface area (Å²) in [6.45, 7) is 2.28. The highest BCUT2D eigenvalue weighted by molar-refractivity contribution is 7.89. The number of halogens is 3. The Kier molecular flexibility index (Phi) is 5.36. The number of hydrogen-bond donors (Lipinski definition) is 0. The molecule has 0 aliphatic carbocycles. The van der Waals surface area contributed by atoms with Gasteiger partial charge < -0.3 is 0 Å². The molecule has 2 aromatic carbocycles. The Hall–Kier alpha value is -1.90. The van der Waals surface area contributed by atoms with E-state index in [4.69, 9.17) is 0 Å². The molecule has 26 heavy (non-hydrogen) atoms. The number of hydrogen-bond acceptors (Lipinski definition) is 3. The molecule has 0 amide bonds. The van der Waals surface area contributed by atoms with Crippen molar-refractivity contribution in [3.05, 3.63) is 65.7 Å². The summed E-state index contributed by atoms with van der Waals surface area (Å²) in [5.41, 5.74) is 0.109. The third-order valence-electron chi connectivity index (χ3n) is 4.40. The second-order valence-corrected chi connectivity index (χ2v) is 8.13. The Morgan fingerprint density at radius 2 is 1.42 bits per heavy atom. The average Bonchev–Trinajstić information content (AvgIpc) is 2.63. The van der Waals surface area contributed by atoms with Gasteiger partial charge in [-0.05, 0) is 29.8 Å². The van der Waals surface area contributed by atoms with Crippen molar-refractivity contribution in [1.82, 2.24) is 9.21 Å². The van der Waals surface area contributed by atoms with E-state index in [1.165, 1.54) is 16.4 Å². The molecular formula is C18H19F3N2O2S. The molecule has 1 saturated heterocycles. The fourth-order valence-corrected chi connectivity index (χ4v) is 4.37. The Labute approximate surface area is 150 Å². The summed E-state index contributed by atoms with van der Waals surface area (Å²) in [5, 5.41) is 0. The zero-order valence-corrected chi connectivity index (χ0v) is 14.8. The summed E-state index contributed by atoms with van der Waals surface area (Å²) in [6, 6.07) is 13.4. The molecule has 0 atom stereocenters. The summed E-state index contributed by atoms with van der Waals surface area (Å²) >= 11 is 0. The van der Waals surface area contributed by atoms with Gasteiger partial charge in [0.1, 0.15) is 0 Å². The van der Waals surface area contributed by atoms with Crippen LogP contribution in [0.2, 0.25) is 0 Å². The Morgan fingerprint density at radius 3 is 1.96 bits per heavy atom. The second-order valence-electron chi connectivity index (χ2n) is 6.19. The largest absolute Gasteiger partial charge is 0.416 e. The zero-order chi connectivity index (χ0) is 18.8. The topological polar surface area (TPSA) is 40.6 Å². The highest BCUT2D eigenvalue weighted by atomic mass is 32.2. The number of nitrogens with zero attached hydrogens (tertiary/aromatic N) is 2. The van der Waals surface area contributed by atoms with Gasteiger partial charge in [0.25, 0.3) is 0 Å². The van der Waals surface area contributed by atoms with Crippen molar-refractivity contribution in [3.63, 3.8) is 0 Å². The van der Waals surface area contributed by atoms with Crippen LogP contribution < -0.4 is 0 Å². The van der Waals surface area contributed by atoms with E-state index in [0.29, 0.717) is 32.7 Å². The van der Waals surface area contributed by atoms with E-state index in [2.05, 4.69) is 0 Å². The van der Waals surface area contributed by atoms with E-state index < -0.39 is 21.8 Å². The Bertz CT molecular complexity index is 829. The summed E-state index contributed by atoms with van der Waals surface area (Å²) < 4.78 is 64.4. The molecule has 0 radical (unpaired) electrons. The first-order valence-corrected chi connectivity index (χ1v) is 9.64. The molecule has 8 heteroatoms. The van der Waals surface area contributed by atoms with Crippen molar-refractivity contribution < 1.29 is 21.6 Å². The highest BCUT2D eigenvalue weighted by Crippen LogP contribution is 2.29. The van der Waals surface area contributed by atoms with Crippen molar-refractivity contribution >= 4 is 10.0 Å². The maximum atomic E-state index is 12.6. The minimum Gasteiger partial charge on any atom is -0.296 e. The van der Waals surface area contributed by atoms with Crippen LogP contribution in [0.15, 0.2) is 59.5 Å². The smallest absolute Gasteiger partial charge is 0.296 e. The van der Waals surface area contributed by atoms with Gasteiger partial charge in [-0.2, -0.15) is 17.5 Å². The Balaban J connectivity index is 1.59. The van der Waals surface area contributed by atoms with Gasteiger partial charge in [0.15, 0.2) is 0 Å². The van der Waals surface area contributed by atoms with E-state index in [1.807, 2.05) is 4.90 Å². The van der Waals surface area contributed by atoms with Crippen LogP contribution in [0.3, 0.4) is 0 Å². The SMILES string of the molecule is O=S(=O)(c1ccccc1)N1CCN(Cc2ccc(C(F)(F)F)cc2)CC1. The lowest BCUT2D eigenvalue weighted by Crippen LogP contribution is -2.48. The van der Waals surface area contributed by atoms with Crippen LogP contribution >= 0.6 is 0 Å². The van der Waals surface area contributed by atoms with Gasteiger partial charge in [-0.3, -0.25) is 4.90 Å². The number of piperazine rings is 1. The van der Waals surface area contributed by atoms with Gasteiger partial charge in [0.2, 0.25) is 10.0 Å². The first kappa shape index (κ1) is 18.9. The monoisotopic (exact) mass is 384 g/mol. The van der Waals surface area contributed by atoms with Crippen LogP contribution in [-0.4, -0.2) is 43.8 Å². The molecule has 0 N–H and O–H groups in total. The number of alkyl halides is 3. The van der Waals surface area contributed by atoms with Gasteiger partial charge >= 0.3 is 6.18 Å². The van der Waals surface area contributed by atoms with Crippen LogP contribution in [-0.2, 0) is 22.7 Å². The summed E-state index contributed by atoms with van der Waals surface area (Å²) in [6.07, 6.45) is -4.34. The van der Waals surface area contributed by atoms with Crippen molar-refractivity contribution in [1.29, 1.82) is 0 Å². The molecule has 3 rings (SSSR count). The van der Waals surface area contributed by atoms with Crippen molar-refractivity contribution in [2.45, 2.75) is 17.6 Å². The quantitative estimate of drug-likeness (QED) is 0.813. The molecule has 0 spiro atoms. The first-order valence-electron chi connectivity index (χ1n) is 8.20. The summed E-state index contributed by atoms with van der Waals surface area (Å²) in [4.78, 5) is 2.32. The first-order chi connectivity index (χ1) is 12.3. The van der Waals surface area contributed by atoms with Crippen LogP contribution in [0.1, 0.15) is 11.1 Å². The van der Waals surface area contributed by atoms with Gasteiger partial charge in [-0.1, -0.05) is 30.3 Å². The van der Waals surface area contributed by atoms with Gasteiger partial charge in [0, 0.05) is 32.7 Å². The van der Waals surface area contributed by atoms with E-state index in [0.717, 1.165) is 17.7 Å². The van der Waals surface area contributed by atoms with Gasteiger partial charge in [-0.15, -0.1) is 0 Å². The molecule has 1 aliphatic rings. The molecule has 0 aromatic heterocycles. The Morgan fingerprint density at radius 1 is 0.846 bits per heavy atom. The van der Waals surface area contributed by atoms with E-state index >= 15 is 0 Å². The van der Waals surface area contributed by atoms with E-state index in [-0.39, 0.29) is 4.90 Å². The lowest BCUT2D eigenvalue weighted by Gasteiger charge is -2.34. The molecular weight excluding hydrogens is 365 g/mol.